The molecule has 0 unspecified atom stereocenters. The Hall–Kier alpha value is -1.24. The number of nitrogens with two attached hydrogens (primary N) is 1. The maximum Gasteiger partial charge on any atom is 0.323 e. The van der Waals surface area contributed by atoms with Crippen molar-refractivity contribution < 1.29 is 4.74 Å². The number of thioether (sulfide) groups is 1. The van der Waals surface area contributed by atoms with Crippen LogP contribution in [0.25, 0.3) is 0 Å². The summed E-state index contributed by atoms with van der Waals surface area (Å²) < 4.78 is 5.44. The number of nitrogens with zero attached hydrogens (tertiary/aromatic N) is 3. The third-order valence-corrected chi connectivity index (χ3v) is 3.58. The molecule has 0 amide bonds. The average molecular weight is 269 g/mol. The van der Waals surface area contributed by atoms with Crippen molar-refractivity contribution in [3.8, 4) is 6.01 Å². The highest BCUT2D eigenvalue weighted by atomic mass is 32.2. The van der Waals surface area contributed by atoms with Crippen molar-refractivity contribution in [1.82, 2.24) is 15.0 Å². The van der Waals surface area contributed by atoms with Crippen LogP contribution >= 0.6 is 11.8 Å². The van der Waals surface area contributed by atoms with Gasteiger partial charge in [-0.3, -0.25) is 0 Å². The minimum Gasteiger partial charge on any atom is -0.461 e. The molecule has 1 aromatic rings. The summed E-state index contributed by atoms with van der Waals surface area (Å²) in [5.41, 5.74) is 5.65. The highest BCUT2D eigenvalue weighted by Gasteiger charge is 2.15. The summed E-state index contributed by atoms with van der Waals surface area (Å²) in [6.07, 6.45) is 2.26. The van der Waals surface area contributed by atoms with E-state index in [1.807, 2.05) is 25.6 Å². The van der Waals surface area contributed by atoms with E-state index in [1.54, 1.807) is 0 Å². The summed E-state index contributed by atoms with van der Waals surface area (Å²) >= 11 is 1.98. The van der Waals surface area contributed by atoms with Crippen LogP contribution in [0.2, 0.25) is 0 Å². The van der Waals surface area contributed by atoms with E-state index in [4.69, 9.17) is 10.5 Å². The number of nitrogens with one attached hydrogen (secondary N) is 1. The summed E-state index contributed by atoms with van der Waals surface area (Å²) in [5, 5.41) is 3.30. The van der Waals surface area contributed by atoms with Gasteiger partial charge in [0.05, 0.1) is 6.10 Å². The lowest BCUT2D eigenvalue weighted by atomic mass is 10.2. The van der Waals surface area contributed by atoms with Crippen LogP contribution in [0.1, 0.15) is 26.7 Å². The summed E-state index contributed by atoms with van der Waals surface area (Å²) in [6.45, 7) is 3.84. The van der Waals surface area contributed by atoms with Crippen LogP contribution in [-0.4, -0.2) is 38.6 Å². The molecule has 0 saturated carbocycles. The fourth-order valence-electron chi connectivity index (χ4n) is 1.72. The third kappa shape index (κ3) is 3.90. The van der Waals surface area contributed by atoms with Gasteiger partial charge in [0.15, 0.2) is 0 Å². The summed E-state index contributed by atoms with van der Waals surface area (Å²) in [6, 6.07) is 0.699. The average Bonchev–Trinajstić information content (AvgIpc) is 2.28. The standard InChI is InChI=1S/C11H19N5OS/c1-7(2)17-11-15-9(12)14-10(16-11)13-8-3-5-18-6-4-8/h7-8H,3-6H2,1-2H3,(H3,12,13,14,15,16). The van der Waals surface area contributed by atoms with Crippen molar-refractivity contribution in [1.29, 1.82) is 0 Å². The van der Waals surface area contributed by atoms with Crippen LogP contribution in [0.15, 0.2) is 0 Å². The highest BCUT2D eigenvalue weighted by Crippen LogP contribution is 2.20. The van der Waals surface area contributed by atoms with Crippen LogP contribution in [0.4, 0.5) is 11.9 Å². The molecule has 100 valence electrons. The molecule has 0 spiro atoms. The first-order valence-electron chi connectivity index (χ1n) is 6.16. The minimum absolute atomic E-state index is 0.0192. The predicted molar refractivity (Wildman–Crippen MR) is 74.0 cm³/mol. The zero-order chi connectivity index (χ0) is 13.0. The second-order valence-corrected chi connectivity index (χ2v) is 5.72. The van der Waals surface area contributed by atoms with Gasteiger partial charge in [0.1, 0.15) is 0 Å². The van der Waals surface area contributed by atoms with E-state index in [0.717, 1.165) is 12.8 Å². The topological polar surface area (TPSA) is 86.0 Å². The number of ether oxygens (including phenoxy) is 1. The molecule has 1 aliphatic rings. The first-order valence-corrected chi connectivity index (χ1v) is 7.31. The summed E-state index contributed by atoms with van der Waals surface area (Å²) in [7, 11) is 0. The SMILES string of the molecule is CC(C)Oc1nc(N)nc(NC2CCSCC2)n1. The highest BCUT2D eigenvalue weighted by molar-refractivity contribution is 7.99. The van der Waals surface area contributed by atoms with Gasteiger partial charge in [-0.05, 0) is 38.2 Å². The van der Waals surface area contributed by atoms with Gasteiger partial charge in [0.2, 0.25) is 11.9 Å². The Morgan fingerprint density at radius 3 is 2.67 bits per heavy atom. The van der Waals surface area contributed by atoms with Crippen LogP contribution in [0.3, 0.4) is 0 Å². The number of aromatic nitrogens is 3. The fraction of sp³-hybridized carbons (Fsp3) is 0.727. The van der Waals surface area contributed by atoms with Crippen LogP contribution < -0.4 is 15.8 Å². The Labute approximate surface area is 111 Å². The van der Waals surface area contributed by atoms with E-state index in [1.165, 1.54) is 11.5 Å². The number of nitrogen functional groups attached to an aromatic ring is 1. The molecule has 0 atom stereocenters. The van der Waals surface area contributed by atoms with E-state index in [-0.39, 0.29) is 18.1 Å². The molecule has 3 N–H and O–H groups in total. The van der Waals surface area contributed by atoms with Crippen molar-refractivity contribution >= 4 is 23.7 Å². The molecule has 1 aliphatic heterocycles. The zero-order valence-electron chi connectivity index (χ0n) is 10.7. The minimum atomic E-state index is 0.0192. The van der Waals surface area contributed by atoms with Gasteiger partial charge in [-0.2, -0.15) is 26.7 Å². The Bertz CT molecular complexity index is 395. The third-order valence-electron chi connectivity index (χ3n) is 2.53. The van der Waals surface area contributed by atoms with Crippen molar-refractivity contribution in [2.24, 2.45) is 0 Å². The van der Waals surface area contributed by atoms with Crippen molar-refractivity contribution in [3.63, 3.8) is 0 Å². The van der Waals surface area contributed by atoms with E-state index >= 15 is 0 Å². The Kier molecular flexibility index (Phi) is 4.46. The Morgan fingerprint density at radius 1 is 1.28 bits per heavy atom. The molecule has 0 aliphatic carbocycles. The molecule has 1 fully saturated rings. The molecule has 1 aromatic heterocycles. The summed E-state index contributed by atoms with van der Waals surface area (Å²) in [4.78, 5) is 12.3. The number of hydrogen-bond donors (Lipinski definition) is 2. The first kappa shape index (κ1) is 13.2. The molecular formula is C11H19N5OS. The molecule has 6 nitrogen and oxygen atoms in total. The quantitative estimate of drug-likeness (QED) is 0.857. The molecule has 2 rings (SSSR count). The van der Waals surface area contributed by atoms with Gasteiger partial charge < -0.3 is 15.8 Å². The molecule has 1 saturated heterocycles. The molecule has 0 bridgehead atoms. The first-order chi connectivity index (χ1) is 8.63. The van der Waals surface area contributed by atoms with Gasteiger partial charge in [-0.15, -0.1) is 0 Å². The number of hydrogen-bond acceptors (Lipinski definition) is 7. The fourth-order valence-corrected chi connectivity index (χ4v) is 2.83. The normalized spacial score (nSPS) is 16.8. The monoisotopic (exact) mass is 269 g/mol. The zero-order valence-corrected chi connectivity index (χ0v) is 11.5. The number of rotatable bonds is 4. The molecule has 2 heterocycles. The lowest BCUT2D eigenvalue weighted by Gasteiger charge is -2.22. The van der Waals surface area contributed by atoms with Crippen LogP contribution in [0, 0.1) is 0 Å². The van der Waals surface area contributed by atoms with Crippen molar-refractivity contribution in [2.45, 2.75) is 38.8 Å². The van der Waals surface area contributed by atoms with Gasteiger partial charge in [-0.1, -0.05) is 0 Å². The molecule has 0 radical (unpaired) electrons. The Balaban J connectivity index is 2.04. The molecular weight excluding hydrogens is 250 g/mol. The van der Waals surface area contributed by atoms with Gasteiger partial charge in [0, 0.05) is 6.04 Å². The second-order valence-electron chi connectivity index (χ2n) is 4.50. The number of anilines is 2. The van der Waals surface area contributed by atoms with Crippen molar-refractivity contribution in [2.75, 3.05) is 22.6 Å². The lowest BCUT2D eigenvalue weighted by Crippen LogP contribution is -2.26. The van der Waals surface area contributed by atoms with Crippen LogP contribution in [0.5, 0.6) is 6.01 Å². The molecule has 0 aromatic carbocycles. The van der Waals surface area contributed by atoms with Gasteiger partial charge >= 0.3 is 6.01 Å². The van der Waals surface area contributed by atoms with Crippen molar-refractivity contribution in [3.05, 3.63) is 0 Å². The van der Waals surface area contributed by atoms with Crippen LogP contribution in [-0.2, 0) is 0 Å². The maximum absolute atomic E-state index is 5.65. The van der Waals surface area contributed by atoms with E-state index in [9.17, 15) is 0 Å². The smallest absolute Gasteiger partial charge is 0.323 e. The van der Waals surface area contributed by atoms with E-state index < -0.39 is 0 Å². The Morgan fingerprint density at radius 2 is 2.00 bits per heavy atom. The molecule has 18 heavy (non-hydrogen) atoms. The largest absolute Gasteiger partial charge is 0.461 e. The van der Waals surface area contributed by atoms with E-state index in [2.05, 4.69) is 20.3 Å². The maximum atomic E-state index is 5.65. The second kappa shape index (κ2) is 6.08. The lowest BCUT2D eigenvalue weighted by molar-refractivity contribution is 0.222. The van der Waals surface area contributed by atoms with Gasteiger partial charge in [0.25, 0.3) is 0 Å². The van der Waals surface area contributed by atoms with Gasteiger partial charge in [-0.25, -0.2) is 0 Å². The van der Waals surface area contributed by atoms with E-state index in [0.29, 0.717) is 12.0 Å². The predicted octanol–water partition coefficient (Wildman–Crippen LogP) is 1.55. The summed E-state index contributed by atoms with van der Waals surface area (Å²) in [5.74, 6) is 3.05. The molecule has 7 heteroatoms.